The molecular formula is C22H23F5N4. The summed E-state index contributed by atoms with van der Waals surface area (Å²) in [5.74, 6) is -4.04. The summed E-state index contributed by atoms with van der Waals surface area (Å²) in [5, 5.41) is 11.3. The van der Waals surface area contributed by atoms with Gasteiger partial charge in [-0.15, -0.1) is 10.2 Å². The van der Waals surface area contributed by atoms with E-state index in [1.165, 1.54) is 6.07 Å². The summed E-state index contributed by atoms with van der Waals surface area (Å²) in [6, 6.07) is 4.72. The fraction of sp³-hybridized carbons (Fsp3) is 0.545. The van der Waals surface area contributed by atoms with E-state index in [-0.39, 0.29) is 36.1 Å². The number of anilines is 1. The molecular weight excluding hydrogens is 415 g/mol. The molecule has 0 bridgehead atoms. The Kier molecular flexibility index (Phi) is 5.11. The summed E-state index contributed by atoms with van der Waals surface area (Å²) in [5.41, 5.74) is -0.210. The first-order valence-electron chi connectivity index (χ1n) is 10.6. The van der Waals surface area contributed by atoms with E-state index in [0.29, 0.717) is 23.7 Å². The predicted molar refractivity (Wildman–Crippen MR) is 105 cm³/mol. The summed E-state index contributed by atoms with van der Waals surface area (Å²) in [4.78, 5) is 2.33. The average molecular weight is 438 g/mol. The number of halogens is 5. The fourth-order valence-corrected chi connectivity index (χ4v) is 5.45. The second-order valence-corrected chi connectivity index (χ2v) is 9.23. The van der Waals surface area contributed by atoms with Crippen molar-refractivity contribution in [2.75, 3.05) is 25.0 Å². The number of aromatic nitrogens is 2. The van der Waals surface area contributed by atoms with Gasteiger partial charge in [-0.1, -0.05) is 0 Å². The zero-order valence-electron chi connectivity index (χ0n) is 16.8. The second kappa shape index (κ2) is 7.69. The maximum absolute atomic E-state index is 13.9. The third-order valence-corrected chi connectivity index (χ3v) is 6.80. The van der Waals surface area contributed by atoms with Gasteiger partial charge >= 0.3 is 0 Å². The smallest absolute Gasteiger partial charge is 0.248 e. The summed E-state index contributed by atoms with van der Waals surface area (Å²) >= 11 is 0. The van der Waals surface area contributed by atoms with E-state index in [2.05, 4.69) is 20.4 Å². The molecule has 1 aromatic heterocycles. The van der Waals surface area contributed by atoms with Crippen LogP contribution in [0.3, 0.4) is 0 Å². The van der Waals surface area contributed by atoms with Gasteiger partial charge in [0.05, 0.1) is 5.69 Å². The molecule has 5 rings (SSSR count). The molecule has 0 amide bonds. The highest BCUT2D eigenvalue weighted by atomic mass is 19.3. The Hall–Kier alpha value is -2.29. The first-order chi connectivity index (χ1) is 14.8. The van der Waals surface area contributed by atoms with Crippen LogP contribution in [0.4, 0.5) is 27.8 Å². The van der Waals surface area contributed by atoms with Crippen LogP contribution in [0.25, 0.3) is 11.3 Å². The van der Waals surface area contributed by atoms with Gasteiger partial charge in [-0.3, -0.25) is 0 Å². The van der Waals surface area contributed by atoms with Crippen molar-refractivity contribution < 1.29 is 22.0 Å². The van der Waals surface area contributed by atoms with Crippen LogP contribution >= 0.6 is 0 Å². The van der Waals surface area contributed by atoms with Gasteiger partial charge < -0.3 is 10.2 Å². The Morgan fingerprint density at radius 2 is 1.71 bits per heavy atom. The maximum Gasteiger partial charge on any atom is 0.248 e. The summed E-state index contributed by atoms with van der Waals surface area (Å²) in [6.45, 7) is 2.66. The molecule has 1 N–H and O–H groups in total. The van der Waals surface area contributed by atoms with E-state index in [4.69, 9.17) is 0 Å². The average Bonchev–Trinajstić information content (AvgIpc) is 3.22. The number of nitrogens with one attached hydrogen (secondary N) is 1. The molecule has 1 aromatic carbocycles. The Balaban J connectivity index is 1.15. The summed E-state index contributed by atoms with van der Waals surface area (Å²) in [6.07, 6.45) is 1.97. The monoisotopic (exact) mass is 438 g/mol. The zero-order valence-corrected chi connectivity index (χ0v) is 16.8. The lowest BCUT2D eigenvalue weighted by Crippen LogP contribution is -2.42. The number of rotatable bonds is 5. The Morgan fingerprint density at radius 3 is 2.32 bits per heavy atom. The van der Waals surface area contributed by atoms with Gasteiger partial charge in [0.15, 0.2) is 11.6 Å². The van der Waals surface area contributed by atoms with E-state index in [1.807, 2.05) is 0 Å². The molecule has 1 saturated heterocycles. The molecule has 31 heavy (non-hydrogen) atoms. The van der Waals surface area contributed by atoms with E-state index in [9.17, 15) is 22.0 Å². The highest BCUT2D eigenvalue weighted by Crippen LogP contribution is 2.45. The number of hydrogen-bond donors (Lipinski definition) is 1. The van der Waals surface area contributed by atoms with Crippen LogP contribution in [-0.4, -0.2) is 46.7 Å². The Morgan fingerprint density at radius 1 is 1.00 bits per heavy atom. The topological polar surface area (TPSA) is 41.0 Å². The third kappa shape index (κ3) is 4.24. The van der Waals surface area contributed by atoms with E-state index in [0.717, 1.165) is 38.5 Å². The molecule has 3 fully saturated rings. The normalized spacial score (nSPS) is 27.8. The molecule has 2 aromatic rings. The Bertz CT molecular complexity index is 945. The second-order valence-electron chi connectivity index (χ2n) is 9.23. The molecule has 2 aliphatic carbocycles. The first-order valence-corrected chi connectivity index (χ1v) is 10.6. The minimum absolute atomic E-state index is 0.0177. The van der Waals surface area contributed by atoms with Gasteiger partial charge in [0.25, 0.3) is 0 Å². The highest BCUT2D eigenvalue weighted by molar-refractivity contribution is 5.60. The van der Waals surface area contributed by atoms with Crippen molar-refractivity contribution in [3.8, 4) is 11.3 Å². The largest absolute Gasteiger partial charge is 0.366 e. The third-order valence-electron chi connectivity index (χ3n) is 6.80. The van der Waals surface area contributed by atoms with Crippen molar-refractivity contribution in [1.82, 2.24) is 15.1 Å². The lowest BCUT2D eigenvalue weighted by atomic mass is 9.81. The molecule has 1 aliphatic heterocycles. The lowest BCUT2D eigenvalue weighted by Gasteiger charge is -2.37. The molecule has 0 radical (unpaired) electrons. The number of nitrogens with zero attached hydrogens (tertiary/aromatic N) is 3. The molecule has 9 heteroatoms. The van der Waals surface area contributed by atoms with Crippen molar-refractivity contribution >= 4 is 5.82 Å². The molecule has 3 atom stereocenters. The fourth-order valence-electron chi connectivity index (χ4n) is 5.45. The number of likely N-dealkylation sites (tertiary alicyclic amines) is 1. The van der Waals surface area contributed by atoms with Gasteiger partial charge in [-0.2, -0.15) is 0 Å². The number of benzene rings is 1. The van der Waals surface area contributed by atoms with E-state index >= 15 is 0 Å². The van der Waals surface area contributed by atoms with Crippen LogP contribution in [0.5, 0.6) is 0 Å². The highest BCUT2D eigenvalue weighted by Gasteiger charge is 2.47. The van der Waals surface area contributed by atoms with E-state index < -0.39 is 23.4 Å². The lowest BCUT2D eigenvalue weighted by molar-refractivity contribution is -0.115. The van der Waals surface area contributed by atoms with Gasteiger partial charge in [-0.25, -0.2) is 22.0 Å². The van der Waals surface area contributed by atoms with Crippen molar-refractivity contribution in [2.45, 2.75) is 37.6 Å². The van der Waals surface area contributed by atoms with Crippen LogP contribution in [0, 0.1) is 35.2 Å². The SMILES string of the molecule is Fc1cc(F)c(F)c(-c2ccc(N[C@H]3C[C@@H]4CN(CC5CC(F)(F)C5)C[C@@H]4C3)nn2)c1. The standard InChI is InChI=1S/C22H23F5N4/c23-15-5-17(21(25)18(24)6-15)19-1-2-20(30-29-19)28-16-3-13-10-31(11-14(13)4-16)9-12-7-22(26,27)8-12/h1-2,5-6,12-14,16H,3-4,7-11H2,(H,28,30)/t13-,14+,16+. The summed E-state index contributed by atoms with van der Waals surface area (Å²) < 4.78 is 66.8. The van der Waals surface area contributed by atoms with Gasteiger partial charge in [0.2, 0.25) is 5.92 Å². The minimum atomic E-state index is -2.46. The molecule has 0 spiro atoms. The molecule has 2 heterocycles. The first kappa shape index (κ1) is 20.6. The zero-order chi connectivity index (χ0) is 21.8. The van der Waals surface area contributed by atoms with Crippen LogP contribution < -0.4 is 5.32 Å². The van der Waals surface area contributed by atoms with Gasteiger partial charge in [0.1, 0.15) is 11.6 Å². The van der Waals surface area contributed by atoms with Crippen molar-refractivity contribution in [3.63, 3.8) is 0 Å². The van der Waals surface area contributed by atoms with Crippen molar-refractivity contribution in [3.05, 3.63) is 41.7 Å². The number of hydrogen-bond acceptors (Lipinski definition) is 4. The minimum Gasteiger partial charge on any atom is -0.366 e. The van der Waals surface area contributed by atoms with Crippen LogP contribution in [0.15, 0.2) is 24.3 Å². The molecule has 3 aliphatic rings. The van der Waals surface area contributed by atoms with Crippen LogP contribution in [-0.2, 0) is 0 Å². The van der Waals surface area contributed by atoms with Gasteiger partial charge in [-0.05, 0) is 48.8 Å². The maximum atomic E-state index is 13.9. The Labute approximate surface area is 176 Å². The summed E-state index contributed by atoms with van der Waals surface area (Å²) in [7, 11) is 0. The van der Waals surface area contributed by atoms with Crippen LogP contribution in [0.2, 0.25) is 0 Å². The molecule has 2 saturated carbocycles. The predicted octanol–water partition coefficient (Wildman–Crippen LogP) is 4.73. The molecule has 0 unspecified atom stereocenters. The van der Waals surface area contributed by atoms with Gasteiger partial charge in [0, 0.05) is 50.1 Å². The van der Waals surface area contributed by atoms with Crippen molar-refractivity contribution in [1.29, 1.82) is 0 Å². The quantitative estimate of drug-likeness (QED) is 0.542. The van der Waals surface area contributed by atoms with Crippen molar-refractivity contribution in [2.24, 2.45) is 17.8 Å². The van der Waals surface area contributed by atoms with E-state index in [1.54, 1.807) is 6.07 Å². The number of fused-ring (bicyclic) bond motifs is 1. The number of alkyl halides is 2. The molecule has 166 valence electrons. The van der Waals surface area contributed by atoms with Crippen LogP contribution in [0.1, 0.15) is 25.7 Å². The molecule has 4 nitrogen and oxygen atoms in total.